The Morgan fingerprint density at radius 2 is 1.97 bits per heavy atom. The van der Waals surface area contributed by atoms with E-state index in [1.54, 1.807) is 12.1 Å². The van der Waals surface area contributed by atoms with E-state index in [4.69, 9.17) is 9.97 Å². The van der Waals surface area contributed by atoms with E-state index >= 15 is 0 Å². The molecule has 0 spiro atoms. The van der Waals surface area contributed by atoms with Gasteiger partial charge in [-0.15, -0.1) is 0 Å². The Bertz CT molecular complexity index is 1040. The molecule has 0 N–H and O–H groups in total. The van der Waals surface area contributed by atoms with Crippen LogP contribution in [0.3, 0.4) is 0 Å². The van der Waals surface area contributed by atoms with Gasteiger partial charge in [0.1, 0.15) is 11.5 Å². The number of carbonyl (C=O) groups excluding carboxylic acids is 1. The number of halogens is 1. The molecule has 0 radical (unpaired) electrons. The lowest BCUT2D eigenvalue weighted by molar-refractivity contribution is 0.108. The van der Waals surface area contributed by atoms with Crippen molar-refractivity contribution in [2.24, 2.45) is 0 Å². The van der Waals surface area contributed by atoms with Crippen LogP contribution in [0.1, 0.15) is 43.5 Å². The Morgan fingerprint density at radius 3 is 2.66 bits per heavy atom. The second kappa shape index (κ2) is 8.49. The lowest BCUT2D eigenvalue weighted by Gasteiger charge is -2.25. The van der Waals surface area contributed by atoms with Gasteiger partial charge in [0.05, 0.1) is 11.0 Å². The maximum atomic E-state index is 13.4. The lowest BCUT2D eigenvalue weighted by atomic mass is 10.1. The number of anilines is 1. The number of hydrogen-bond acceptors (Lipinski definition) is 5. The number of aromatic nitrogens is 2. The molecule has 0 aliphatic carbocycles. The van der Waals surface area contributed by atoms with E-state index in [1.165, 1.54) is 23.9 Å². The summed E-state index contributed by atoms with van der Waals surface area (Å²) in [7, 11) is 0. The summed E-state index contributed by atoms with van der Waals surface area (Å²) in [6.45, 7) is 5.17. The fourth-order valence-corrected chi connectivity index (χ4v) is 4.38. The molecule has 29 heavy (non-hydrogen) atoms. The summed E-state index contributed by atoms with van der Waals surface area (Å²) in [6.07, 6.45) is 3.17. The summed E-state index contributed by atoms with van der Waals surface area (Å²) in [4.78, 5) is 24.5. The van der Waals surface area contributed by atoms with E-state index in [9.17, 15) is 9.18 Å². The van der Waals surface area contributed by atoms with Gasteiger partial charge in [0.15, 0.2) is 5.82 Å². The molecule has 3 aromatic rings. The van der Waals surface area contributed by atoms with E-state index in [2.05, 4.69) is 18.7 Å². The Labute approximate surface area is 174 Å². The predicted octanol–water partition coefficient (Wildman–Crippen LogP) is 5.71. The first-order valence-corrected chi connectivity index (χ1v) is 11.1. The van der Waals surface area contributed by atoms with Crippen molar-refractivity contribution >= 4 is 33.7 Å². The normalized spacial score (nSPS) is 16.5. The van der Waals surface area contributed by atoms with E-state index < -0.39 is 0 Å². The Balaban J connectivity index is 1.83. The molecule has 2 aromatic carbocycles. The summed E-state index contributed by atoms with van der Waals surface area (Å²) >= 11 is 1.34. The van der Waals surface area contributed by atoms with Crippen molar-refractivity contribution in [3.05, 3.63) is 53.8 Å². The molecule has 1 aliphatic rings. The minimum Gasteiger partial charge on any atom is -0.352 e. The molecule has 4 nitrogen and oxygen atoms in total. The van der Waals surface area contributed by atoms with Gasteiger partial charge in [-0.05, 0) is 68.7 Å². The summed E-state index contributed by atoms with van der Waals surface area (Å²) < 4.78 is 13.4. The van der Waals surface area contributed by atoms with Crippen molar-refractivity contribution < 1.29 is 9.18 Å². The molecule has 2 heterocycles. The van der Waals surface area contributed by atoms with Crippen LogP contribution in [0.15, 0.2) is 42.5 Å². The standard InChI is InChI=1S/C23H24FN3OS/c1-3-13-29-23(28)17-8-11-19-20(14-17)26-22(27-12-4-5-15(27)2)21(25-19)16-6-9-18(24)10-7-16/h6-11,14-15H,3-5,12-13H2,1-2H3/t15-/m0/s1. The Kier molecular flexibility index (Phi) is 5.81. The third kappa shape index (κ3) is 4.13. The number of hydrogen-bond donors (Lipinski definition) is 0. The van der Waals surface area contributed by atoms with Crippen LogP contribution < -0.4 is 4.90 Å². The van der Waals surface area contributed by atoms with Crippen LogP contribution in [-0.2, 0) is 0 Å². The third-order valence-corrected chi connectivity index (χ3v) is 6.37. The van der Waals surface area contributed by atoms with Crippen molar-refractivity contribution in [3.63, 3.8) is 0 Å². The molecule has 1 saturated heterocycles. The first kappa shape index (κ1) is 19.8. The van der Waals surface area contributed by atoms with Crippen molar-refractivity contribution in [1.29, 1.82) is 0 Å². The van der Waals surface area contributed by atoms with Crippen LogP contribution in [0.5, 0.6) is 0 Å². The largest absolute Gasteiger partial charge is 0.352 e. The van der Waals surface area contributed by atoms with Crippen molar-refractivity contribution in [2.45, 2.75) is 39.2 Å². The summed E-state index contributed by atoms with van der Waals surface area (Å²) in [5.74, 6) is 1.34. The van der Waals surface area contributed by atoms with E-state index in [0.717, 1.165) is 54.2 Å². The molecular formula is C23H24FN3OS. The first-order chi connectivity index (χ1) is 14.1. The zero-order chi connectivity index (χ0) is 20.4. The SMILES string of the molecule is CCCSC(=O)c1ccc2nc(-c3ccc(F)cc3)c(N3CCC[C@@H]3C)nc2c1. The average Bonchev–Trinajstić information content (AvgIpc) is 3.17. The van der Waals surface area contributed by atoms with Gasteiger partial charge in [-0.3, -0.25) is 4.79 Å². The van der Waals surface area contributed by atoms with Crippen LogP contribution in [0.4, 0.5) is 10.2 Å². The maximum absolute atomic E-state index is 13.4. The third-order valence-electron chi connectivity index (χ3n) is 5.26. The topological polar surface area (TPSA) is 46.1 Å². The van der Waals surface area contributed by atoms with Gasteiger partial charge in [-0.1, -0.05) is 18.7 Å². The minimum absolute atomic E-state index is 0.0641. The molecule has 0 saturated carbocycles. The fraction of sp³-hybridized carbons (Fsp3) is 0.348. The highest BCUT2D eigenvalue weighted by Gasteiger charge is 2.26. The maximum Gasteiger partial charge on any atom is 0.219 e. The van der Waals surface area contributed by atoms with Gasteiger partial charge in [0.2, 0.25) is 5.12 Å². The summed E-state index contributed by atoms with van der Waals surface area (Å²) in [5.41, 5.74) is 3.70. The fourth-order valence-electron chi connectivity index (χ4n) is 3.70. The van der Waals surface area contributed by atoms with E-state index in [1.807, 2.05) is 18.2 Å². The van der Waals surface area contributed by atoms with Crippen molar-refractivity contribution in [2.75, 3.05) is 17.2 Å². The molecule has 0 bridgehead atoms. The molecule has 1 aromatic heterocycles. The molecule has 0 amide bonds. The lowest BCUT2D eigenvalue weighted by Crippen LogP contribution is -2.28. The number of nitrogens with zero attached hydrogens (tertiary/aromatic N) is 3. The van der Waals surface area contributed by atoms with Gasteiger partial charge in [-0.2, -0.15) is 0 Å². The van der Waals surface area contributed by atoms with E-state index in [-0.39, 0.29) is 10.9 Å². The number of rotatable bonds is 5. The Morgan fingerprint density at radius 1 is 1.17 bits per heavy atom. The van der Waals surface area contributed by atoms with Gasteiger partial charge >= 0.3 is 0 Å². The smallest absolute Gasteiger partial charge is 0.219 e. The molecule has 4 rings (SSSR count). The van der Waals surface area contributed by atoms with Crippen LogP contribution in [0.25, 0.3) is 22.3 Å². The van der Waals surface area contributed by atoms with Gasteiger partial charge in [0, 0.05) is 29.5 Å². The highest BCUT2D eigenvalue weighted by Crippen LogP contribution is 2.34. The number of carbonyl (C=O) groups is 1. The zero-order valence-electron chi connectivity index (χ0n) is 16.7. The second-order valence-corrected chi connectivity index (χ2v) is 8.49. The molecule has 6 heteroatoms. The number of thioether (sulfide) groups is 1. The first-order valence-electron chi connectivity index (χ1n) is 10.1. The highest BCUT2D eigenvalue weighted by atomic mass is 32.2. The second-order valence-electron chi connectivity index (χ2n) is 7.43. The molecule has 1 atom stereocenters. The van der Waals surface area contributed by atoms with Gasteiger partial charge in [-0.25, -0.2) is 14.4 Å². The van der Waals surface area contributed by atoms with Crippen LogP contribution >= 0.6 is 11.8 Å². The highest BCUT2D eigenvalue weighted by molar-refractivity contribution is 8.14. The number of fused-ring (bicyclic) bond motifs is 1. The molecule has 1 fully saturated rings. The molecule has 150 valence electrons. The molecular weight excluding hydrogens is 385 g/mol. The molecule has 0 unspecified atom stereocenters. The average molecular weight is 410 g/mol. The van der Waals surface area contributed by atoms with Crippen LogP contribution in [0, 0.1) is 5.82 Å². The summed E-state index contributed by atoms with van der Waals surface area (Å²) in [6, 6.07) is 12.3. The van der Waals surface area contributed by atoms with Gasteiger partial charge < -0.3 is 4.90 Å². The summed E-state index contributed by atoms with van der Waals surface area (Å²) in [5, 5.41) is 0.0641. The predicted molar refractivity (Wildman–Crippen MR) is 118 cm³/mol. The monoisotopic (exact) mass is 409 g/mol. The zero-order valence-corrected chi connectivity index (χ0v) is 17.5. The minimum atomic E-state index is -0.272. The molecule has 1 aliphatic heterocycles. The van der Waals surface area contributed by atoms with Crippen LogP contribution in [-0.4, -0.2) is 33.4 Å². The quantitative estimate of drug-likeness (QED) is 0.540. The van der Waals surface area contributed by atoms with Crippen LogP contribution in [0.2, 0.25) is 0 Å². The van der Waals surface area contributed by atoms with E-state index in [0.29, 0.717) is 17.1 Å². The van der Waals surface area contributed by atoms with Gasteiger partial charge in [0.25, 0.3) is 0 Å². The number of benzene rings is 2. The van der Waals surface area contributed by atoms with Crippen molar-refractivity contribution in [3.8, 4) is 11.3 Å². The Hall–Kier alpha value is -2.47. The van der Waals surface area contributed by atoms with Crippen molar-refractivity contribution in [1.82, 2.24) is 9.97 Å².